The molecule has 0 bridgehead atoms. The molecule has 0 aliphatic carbocycles. The second kappa shape index (κ2) is 11.1. The fourth-order valence-corrected chi connectivity index (χ4v) is 4.90. The summed E-state index contributed by atoms with van der Waals surface area (Å²) >= 11 is 1.61. The third-order valence-electron chi connectivity index (χ3n) is 5.19. The van der Waals surface area contributed by atoms with Gasteiger partial charge in [-0.2, -0.15) is 0 Å². The van der Waals surface area contributed by atoms with Crippen molar-refractivity contribution in [3.8, 4) is 11.5 Å². The third-order valence-corrected chi connectivity index (χ3v) is 6.48. The van der Waals surface area contributed by atoms with E-state index < -0.39 is 6.04 Å². The van der Waals surface area contributed by atoms with Crippen LogP contribution in [0.3, 0.4) is 0 Å². The maximum Gasteiger partial charge on any atom is 0.329 e. The van der Waals surface area contributed by atoms with Gasteiger partial charge < -0.3 is 19.1 Å². The standard InChI is InChI=1S/C24H29NO5S/c1-4-5-11-30-24(27)21-16-31-22(12-17-9-7-6-8-10-17)25(21)23(26)18-13-19(28-2)15-20(14-18)29-3/h6-10,13-15,21-22H,4-5,11-12,16H2,1-3H3. The molecular formula is C24H29NO5S. The number of hydrogen-bond donors (Lipinski definition) is 0. The molecule has 166 valence electrons. The molecule has 0 radical (unpaired) electrons. The Labute approximate surface area is 187 Å². The normalized spacial score (nSPS) is 18.0. The second-order valence-electron chi connectivity index (χ2n) is 7.33. The maximum atomic E-state index is 13.6. The lowest BCUT2D eigenvalue weighted by atomic mass is 10.1. The van der Waals surface area contributed by atoms with Gasteiger partial charge in [0.2, 0.25) is 0 Å². The molecule has 0 N–H and O–H groups in total. The molecule has 1 aliphatic heterocycles. The minimum Gasteiger partial charge on any atom is -0.497 e. The van der Waals surface area contributed by atoms with Crippen LogP contribution in [0, 0.1) is 0 Å². The van der Waals surface area contributed by atoms with Crippen molar-refractivity contribution in [2.45, 2.75) is 37.6 Å². The van der Waals surface area contributed by atoms with E-state index in [0.29, 0.717) is 35.8 Å². The first-order valence-corrected chi connectivity index (χ1v) is 11.5. The Kier molecular flexibility index (Phi) is 8.23. The lowest BCUT2D eigenvalue weighted by Gasteiger charge is -2.29. The number of benzene rings is 2. The van der Waals surface area contributed by atoms with Crippen LogP contribution < -0.4 is 9.47 Å². The molecular weight excluding hydrogens is 414 g/mol. The average molecular weight is 444 g/mol. The number of nitrogens with zero attached hydrogens (tertiary/aromatic N) is 1. The van der Waals surface area contributed by atoms with Crippen LogP contribution in [0.25, 0.3) is 0 Å². The van der Waals surface area contributed by atoms with Crippen molar-refractivity contribution >= 4 is 23.6 Å². The van der Waals surface area contributed by atoms with E-state index in [-0.39, 0.29) is 17.3 Å². The van der Waals surface area contributed by atoms with Crippen LogP contribution in [0.15, 0.2) is 48.5 Å². The Balaban J connectivity index is 1.89. The number of rotatable bonds is 9. The molecule has 2 unspecified atom stereocenters. The molecule has 6 nitrogen and oxygen atoms in total. The van der Waals surface area contributed by atoms with Crippen molar-refractivity contribution in [1.29, 1.82) is 0 Å². The van der Waals surface area contributed by atoms with Gasteiger partial charge >= 0.3 is 5.97 Å². The number of unbranched alkanes of at least 4 members (excludes halogenated alkanes) is 1. The van der Waals surface area contributed by atoms with Gasteiger partial charge in [-0.15, -0.1) is 11.8 Å². The summed E-state index contributed by atoms with van der Waals surface area (Å²) in [4.78, 5) is 28.1. The molecule has 0 spiro atoms. The lowest BCUT2D eigenvalue weighted by molar-refractivity contribution is -0.148. The van der Waals surface area contributed by atoms with E-state index in [1.165, 1.54) is 0 Å². The number of amides is 1. The largest absolute Gasteiger partial charge is 0.497 e. The fourth-order valence-electron chi connectivity index (χ4n) is 3.48. The summed E-state index contributed by atoms with van der Waals surface area (Å²) in [6.07, 6.45) is 2.40. The molecule has 3 rings (SSSR count). The molecule has 0 saturated carbocycles. The van der Waals surface area contributed by atoms with Gasteiger partial charge in [0.1, 0.15) is 17.5 Å². The Hall–Kier alpha value is -2.67. The third kappa shape index (κ3) is 5.73. The highest BCUT2D eigenvalue weighted by Crippen LogP contribution is 2.35. The number of esters is 1. The number of ether oxygens (including phenoxy) is 3. The van der Waals surface area contributed by atoms with E-state index in [0.717, 1.165) is 18.4 Å². The van der Waals surface area contributed by atoms with E-state index >= 15 is 0 Å². The highest BCUT2D eigenvalue weighted by molar-refractivity contribution is 8.00. The van der Waals surface area contributed by atoms with Gasteiger partial charge in [-0.25, -0.2) is 4.79 Å². The van der Waals surface area contributed by atoms with Crippen LogP contribution >= 0.6 is 11.8 Å². The van der Waals surface area contributed by atoms with Crippen LogP contribution in [0.4, 0.5) is 0 Å². The first-order chi connectivity index (χ1) is 15.1. The topological polar surface area (TPSA) is 65.1 Å². The first-order valence-electron chi connectivity index (χ1n) is 10.4. The zero-order valence-electron chi connectivity index (χ0n) is 18.2. The molecule has 7 heteroatoms. The van der Waals surface area contributed by atoms with Crippen LogP contribution in [0.5, 0.6) is 11.5 Å². The van der Waals surface area contributed by atoms with E-state index in [1.807, 2.05) is 37.3 Å². The molecule has 1 heterocycles. The smallest absolute Gasteiger partial charge is 0.329 e. The summed E-state index contributed by atoms with van der Waals surface area (Å²) in [5.41, 5.74) is 1.53. The Morgan fingerprint density at radius 3 is 2.35 bits per heavy atom. The van der Waals surface area contributed by atoms with Gasteiger partial charge in [0, 0.05) is 23.8 Å². The summed E-state index contributed by atoms with van der Waals surface area (Å²) in [6, 6.07) is 14.4. The van der Waals surface area contributed by atoms with Gasteiger partial charge in [0.15, 0.2) is 0 Å². The number of methoxy groups -OCH3 is 2. The molecule has 0 aromatic heterocycles. The summed E-state index contributed by atoms with van der Waals surface area (Å²) in [5.74, 6) is 0.975. The minimum absolute atomic E-state index is 0.171. The second-order valence-corrected chi connectivity index (χ2v) is 8.54. The zero-order chi connectivity index (χ0) is 22.2. The molecule has 2 aromatic carbocycles. The summed E-state index contributed by atoms with van der Waals surface area (Å²) in [5, 5.41) is -0.171. The van der Waals surface area contributed by atoms with Crippen molar-refractivity contribution in [2.24, 2.45) is 0 Å². The minimum atomic E-state index is -0.625. The van der Waals surface area contributed by atoms with Gasteiger partial charge in [-0.1, -0.05) is 43.7 Å². The van der Waals surface area contributed by atoms with E-state index in [9.17, 15) is 9.59 Å². The number of hydrogen-bond acceptors (Lipinski definition) is 6. The summed E-state index contributed by atoms with van der Waals surface area (Å²) in [6.45, 7) is 2.41. The SMILES string of the molecule is CCCCOC(=O)C1CSC(Cc2ccccc2)N1C(=O)c1cc(OC)cc(OC)c1. The Morgan fingerprint density at radius 2 is 1.74 bits per heavy atom. The quantitative estimate of drug-likeness (QED) is 0.428. The zero-order valence-corrected chi connectivity index (χ0v) is 19.0. The molecule has 1 saturated heterocycles. The van der Waals surface area contributed by atoms with Gasteiger partial charge in [0.25, 0.3) is 5.91 Å². The van der Waals surface area contributed by atoms with Gasteiger partial charge in [-0.05, 0) is 24.1 Å². The van der Waals surface area contributed by atoms with E-state index in [2.05, 4.69) is 0 Å². The van der Waals surface area contributed by atoms with Gasteiger partial charge in [-0.3, -0.25) is 4.79 Å². The number of carbonyl (C=O) groups excluding carboxylic acids is 2. The van der Waals surface area contributed by atoms with Crippen molar-refractivity contribution in [2.75, 3.05) is 26.6 Å². The summed E-state index contributed by atoms with van der Waals surface area (Å²) in [7, 11) is 3.09. The van der Waals surface area contributed by atoms with Crippen molar-refractivity contribution in [3.05, 3.63) is 59.7 Å². The lowest BCUT2D eigenvalue weighted by Crippen LogP contribution is -2.47. The fraction of sp³-hybridized carbons (Fsp3) is 0.417. The van der Waals surface area contributed by atoms with Crippen LogP contribution in [0.1, 0.15) is 35.7 Å². The van der Waals surface area contributed by atoms with Crippen LogP contribution in [0.2, 0.25) is 0 Å². The summed E-state index contributed by atoms with van der Waals surface area (Å²) < 4.78 is 16.1. The van der Waals surface area contributed by atoms with E-state index in [1.54, 1.807) is 49.1 Å². The van der Waals surface area contributed by atoms with Crippen LogP contribution in [-0.2, 0) is 16.0 Å². The molecule has 1 fully saturated rings. The molecule has 31 heavy (non-hydrogen) atoms. The molecule has 2 atom stereocenters. The molecule has 1 aliphatic rings. The molecule has 1 amide bonds. The maximum absolute atomic E-state index is 13.6. The molecule has 2 aromatic rings. The van der Waals surface area contributed by atoms with Crippen molar-refractivity contribution in [1.82, 2.24) is 4.90 Å². The first kappa shape index (κ1) is 23.0. The Bertz CT molecular complexity index is 867. The predicted octanol–water partition coefficient (Wildman–Crippen LogP) is 4.17. The highest BCUT2D eigenvalue weighted by Gasteiger charge is 2.43. The highest BCUT2D eigenvalue weighted by atomic mass is 32.2. The van der Waals surface area contributed by atoms with Gasteiger partial charge in [0.05, 0.1) is 26.2 Å². The Morgan fingerprint density at radius 1 is 1.06 bits per heavy atom. The average Bonchev–Trinajstić information content (AvgIpc) is 3.22. The van der Waals surface area contributed by atoms with Crippen LogP contribution in [-0.4, -0.2) is 54.8 Å². The van der Waals surface area contributed by atoms with Crippen molar-refractivity contribution in [3.63, 3.8) is 0 Å². The van der Waals surface area contributed by atoms with E-state index in [4.69, 9.17) is 14.2 Å². The monoisotopic (exact) mass is 443 g/mol. The number of thioether (sulfide) groups is 1. The number of carbonyl (C=O) groups is 2. The van der Waals surface area contributed by atoms with Crippen molar-refractivity contribution < 1.29 is 23.8 Å². The predicted molar refractivity (Wildman–Crippen MR) is 122 cm³/mol.